The summed E-state index contributed by atoms with van der Waals surface area (Å²) in [5.74, 6) is -0.427. The Kier molecular flexibility index (Phi) is 6.78. The first-order valence-corrected chi connectivity index (χ1v) is 12.6. The van der Waals surface area contributed by atoms with Crippen LogP contribution < -0.4 is 20.7 Å². The monoisotopic (exact) mass is 527 g/mol. The third kappa shape index (κ3) is 5.18. The summed E-state index contributed by atoms with van der Waals surface area (Å²) in [7, 11) is 1.59. The predicted molar refractivity (Wildman–Crippen MR) is 144 cm³/mol. The van der Waals surface area contributed by atoms with E-state index in [-0.39, 0.29) is 24.8 Å². The fourth-order valence-corrected chi connectivity index (χ4v) is 5.09. The van der Waals surface area contributed by atoms with Crippen molar-refractivity contribution < 1.29 is 23.9 Å². The van der Waals surface area contributed by atoms with E-state index in [4.69, 9.17) is 4.74 Å². The average Bonchev–Trinajstić information content (AvgIpc) is 3.23. The predicted octanol–water partition coefficient (Wildman–Crippen LogP) is 3.58. The molecule has 10 nitrogen and oxygen atoms in total. The third-order valence-corrected chi connectivity index (χ3v) is 7.08. The molecule has 2 aromatic carbocycles. The molecule has 200 valence electrons. The summed E-state index contributed by atoms with van der Waals surface area (Å²) < 4.78 is 5.65. The van der Waals surface area contributed by atoms with Crippen LogP contribution in [0.2, 0.25) is 0 Å². The van der Waals surface area contributed by atoms with Gasteiger partial charge in [0.05, 0.1) is 12.6 Å². The lowest BCUT2D eigenvalue weighted by Crippen LogP contribution is -2.52. The molecule has 1 aromatic heterocycles. The van der Waals surface area contributed by atoms with Crippen LogP contribution in [0.3, 0.4) is 0 Å². The summed E-state index contributed by atoms with van der Waals surface area (Å²) in [6.45, 7) is 3.99. The number of rotatable bonds is 6. The van der Waals surface area contributed by atoms with Crippen molar-refractivity contribution in [2.75, 3.05) is 12.4 Å². The molecule has 5 rings (SSSR count). The highest BCUT2D eigenvalue weighted by Crippen LogP contribution is 2.34. The summed E-state index contributed by atoms with van der Waals surface area (Å²) in [4.78, 5) is 55.3. The van der Waals surface area contributed by atoms with Gasteiger partial charge in [-0.15, -0.1) is 0 Å². The molecule has 0 spiro atoms. The Morgan fingerprint density at radius 2 is 1.92 bits per heavy atom. The Labute approximate surface area is 225 Å². The summed E-state index contributed by atoms with van der Waals surface area (Å²) in [6, 6.07) is 13.5. The Hall–Kier alpha value is -4.73. The number of nitrogens with one attached hydrogen (secondary N) is 3. The lowest BCUT2D eigenvalue weighted by Gasteiger charge is -2.29. The van der Waals surface area contributed by atoms with Crippen molar-refractivity contribution in [1.82, 2.24) is 20.5 Å². The normalized spacial score (nSPS) is 16.9. The molecule has 0 aliphatic carbocycles. The molecule has 3 aromatic rings. The van der Waals surface area contributed by atoms with Gasteiger partial charge in [0.1, 0.15) is 11.8 Å². The van der Waals surface area contributed by atoms with E-state index in [0.717, 1.165) is 16.7 Å². The van der Waals surface area contributed by atoms with E-state index in [1.54, 1.807) is 37.7 Å². The molecule has 5 amide bonds. The van der Waals surface area contributed by atoms with Crippen LogP contribution in [-0.2, 0) is 21.7 Å². The molecule has 2 aliphatic rings. The van der Waals surface area contributed by atoms with Crippen molar-refractivity contribution in [2.24, 2.45) is 0 Å². The van der Waals surface area contributed by atoms with Crippen LogP contribution in [0.1, 0.15) is 48.2 Å². The highest BCUT2D eigenvalue weighted by molar-refractivity contribution is 6.05. The number of methoxy groups -OCH3 is 1. The average molecular weight is 528 g/mol. The number of hydrogen-bond acceptors (Lipinski definition) is 6. The fourth-order valence-electron chi connectivity index (χ4n) is 5.09. The van der Waals surface area contributed by atoms with Gasteiger partial charge in [-0.05, 0) is 61.7 Å². The van der Waals surface area contributed by atoms with E-state index in [1.165, 1.54) is 4.90 Å². The van der Waals surface area contributed by atoms with Crippen LogP contribution in [0.5, 0.6) is 5.75 Å². The van der Waals surface area contributed by atoms with Gasteiger partial charge in [0.15, 0.2) is 0 Å². The summed E-state index contributed by atoms with van der Waals surface area (Å²) in [6.07, 6.45) is 3.98. The van der Waals surface area contributed by atoms with E-state index in [0.29, 0.717) is 29.0 Å². The third-order valence-electron chi connectivity index (χ3n) is 7.08. The van der Waals surface area contributed by atoms with Crippen molar-refractivity contribution in [2.45, 2.75) is 44.8 Å². The molecule has 0 radical (unpaired) electrons. The molecule has 10 heteroatoms. The molecular formula is C29H29N5O5. The minimum atomic E-state index is -0.780. The standard InChI is InChI=1S/C29H29N5O5/c1-29(2,22-9-6-17(14-24(22)39-3)18-5-4-12-30-15-18)33-28(38)31-20-7-8-21-19(13-20)16-34(27(21)37)23-10-11-25(35)32-26(23)36/h4-9,12-15,23H,10-11,16H2,1-3H3,(H2,31,33,38)(H,32,35,36). The van der Waals surface area contributed by atoms with Crippen LogP contribution in [0.25, 0.3) is 11.1 Å². The van der Waals surface area contributed by atoms with Gasteiger partial charge in [0, 0.05) is 47.7 Å². The topological polar surface area (TPSA) is 130 Å². The number of fused-ring (bicyclic) bond motifs is 1. The van der Waals surface area contributed by atoms with Gasteiger partial charge in [0.25, 0.3) is 5.91 Å². The Morgan fingerprint density at radius 3 is 2.64 bits per heavy atom. The molecule has 1 unspecified atom stereocenters. The van der Waals surface area contributed by atoms with Gasteiger partial charge in [0.2, 0.25) is 11.8 Å². The number of hydrogen-bond donors (Lipinski definition) is 3. The second-order valence-electron chi connectivity index (χ2n) is 10.1. The lowest BCUT2D eigenvalue weighted by molar-refractivity contribution is -0.136. The van der Waals surface area contributed by atoms with Crippen molar-refractivity contribution in [1.29, 1.82) is 0 Å². The van der Waals surface area contributed by atoms with Crippen molar-refractivity contribution in [3.63, 3.8) is 0 Å². The second kappa shape index (κ2) is 10.2. The molecule has 1 fully saturated rings. The van der Waals surface area contributed by atoms with Crippen molar-refractivity contribution in [3.8, 4) is 16.9 Å². The van der Waals surface area contributed by atoms with E-state index >= 15 is 0 Å². The van der Waals surface area contributed by atoms with Gasteiger partial charge >= 0.3 is 6.03 Å². The number of imide groups is 1. The Balaban J connectivity index is 1.28. The number of piperidine rings is 1. The summed E-state index contributed by atoms with van der Waals surface area (Å²) in [5, 5.41) is 8.14. The zero-order chi connectivity index (χ0) is 27.7. The molecule has 1 saturated heterocycles. The van der Waals surface area contributed by atoms with Crippen LogP contribution in [0.15, 0.2) is 60.9 Å². The number of anilines is 1. The number of carbonyl (C=O) groups is 4. The first kappa shape index (κ1) is 25.9. The molecule has 2 aliphatic heterocycles. The van der Waals surface area contributed by atoms with Crippen molar-refractivity contribution in [3.05, 3.63) is 77.6 Å². The summed E-state index contributed by atoms with van der Waals surface area (Å²) >= 11 is 0. The maximum Gasteiger partial charge on any atom is 0.319 e. The zero-order valence-electron chi connectivity index (χ0n) is 21.9. The van der Waals surface area contributed by atoms with Crippen LogP contribution >= 0.6 is 0 Å². The number of urea groups is 1. The number of pyridine rings is 1. The van der Waals surface area contributed by atoms with Crippen LogP contribution in [0, 0.1) is 0 Å². The Bertz CT molecular complexity index is 1470. The first-order chi connectivity index (χ1) is 18.7. The SMILES string of the molecule is COc1cc(-c2cccnc2)ccc1C(C)(C)NC(=O)Nc1ccc2c(c1)CN(C1CCC(=O)NC1=O)C2=O. The Morgan fingerprint density at radius 1 is 1.10 bits per heavy atom. The van der Waals surface area contributed by atoms with Gasteiger partial charge < -0.3 is 20.3 Å². The maximum absolute atomic E-state index is 13.0. The minimum Gasteiger partial charge on any atom is -0.496 e. The number of benzene rings is 2. The highest BCUT2D eigenvalue weighted by Gasteiger charge is 2.39. The van der Waals surface area contributed by atoms with Crippen LogP contribution in [0.4, 0.5) is 10.5 Å². The van der Waals surface area contributed by atoms with Gasteiger partial charge in [-0.1, -0.05) is 18.2 Å². The molecule has 1 atom stereocenters. The number of nitrogens with zero attached hydrogens (tertiary/aromatic N) is 2. The second-order valence-corrected chi connectivity index (χ2v) is 10.1. The number of ether oxygens (including phenoxy) is 1. The smallest absolute Gasteiger partial charge is 0.319 e. The van der Waals surface area contributed by atoms with E-state index < -0.39 is 23.5 Å². The molecule has 0 bridgehead atoms. The first-order valence-electron chi connectivity index (χ1n) is 12.6. The largest absolute Gasteiger partial charge is 0.496 e. The molecule has 39 heavy (non-hydrogen) atoms. The van der Waals surface area contributed by atoms with Crippen molar-refractivity contribution >= 4 is 29.4 Å². The zero-order valence-corrected chi connectivity index (χ0v) is 21.9. The van der Waals surface area contributed by atoms with E-state index in [2.05, 4.69) is 20.9 Å². The van der Waals surface area contributed by atoms with Gasteiger partial charge in [-0.2, -0.15) is 0 Å². The van der Waals surface area contributed by atoms with Crippen LogP contribution in [-0.4, -0.2) is 46.8 Å². The number of aromatic nitrogens is 1. The van der Waals surface area contributed by atoms with Gasteiger partial charge in [-0.25, -0.2) is 4.79 Å². The highest BCUT2D eigenvalue weighted by atomic mass is 16.5. The fraction of sp³-hybridized carbons (Fsp3) is 0.276. The minimum absolute atomic E-state index is 0.191. The van der Waals surface area contributed by atoms with Gasteiger partial charge in [-0.3, -0.25) is 24.7 Å². The molecule has 3 heterocycles. The molecule has 3 N–H and O–H groups in total. The summed E-state index contributed by atoms with van der Waals surface area (Å²) in [5.41, 5.74) is 3.61. The maximum atomic E-state index is 13.0. The quantitative estimate of drug-likeness (QED) is 0.420. The van der Waals surface area contributed by atoms with E-state index in [9.17, 15) is 19.2 Å². The van der Waals surface area contributed by atoms with E-state index in [1.807, 2.05) is 44.2 Å². The lowest BCUT2D eigenvalue weighted by atomic mass is 9.91. The molecular weight excluding hydrogens is 498 g/mol. The molecule has 0 saturated carbocycles. The number of amides is 5. The number of carbonyl (C=O) groups excluding carboxylic acids is 4.